The Hall–Kier alpha value is -2.92. The van der Waals surface area contributed by atoms with Gasteiger partial charge in [-0.2, -0.15) is 0 Å². The molecule has 58 heavy (non-hydrogen) atoms. The molecule has 1 unspecified atom stereocenters. The minimum Gasteiger partial charge on any atom is -0.462 e. The van der Waals surface area contributed by atoms with Crippen molar-refractivity contribution >= 4 is 11.9 Å². The Morgan fingerprint density at radius 3 is 1.28 bits per heavy atom. The second-order valence-electron chi connectivity index (χ2n) is 15.6. The van der Waals surface area contributed by atoms with Crippen molar-refractivity contribution in [2.45, 2.75) is 219 Å². The first-order valence-electron chi connectivity index (χ1n) is 24.1. The van der Waals surface area contributed by atoms with Crippen LogP contribution in [0.25, 0.3) is 0 Å². The Morgan fingerprint density at radius 1 is 0.397 bits per heavy atom. The predicted octanol–water partition coefficient (Wildman–Crippen LogP) is 16.1. The number of unbranched alkanes of at least 4 members (excludes halogenated alkanes) is 18. The fourth-order valence-electron chi connectivity index (χ4n) is 6.34. The van der Waals surface area contributed by atoms with Gasteiger partial charge < -0.3 is 14.2 Å². The van der Waals surface area contributed by atoms with E-state index < -0.39 is 6.10 Å². The van der Waals surface area contributed by atoms with Crippen LogP contribution in [0, 0.1) is 0 Å². The van der Waals surface area contributed by atoms with Crippen molar-refractivity contribution in [2.75, 3.05) is 19.8 Å². The predicted molar refractivity (Wildman–Crippen MR) is 251 cm³/mol. The van der Waals surface area contributed by atoms with Gasteiger partial charge in [0.05, 0.1) is 6.61 Å². The van der Waals surface area contributed by atoms with Gasteiger partial charge in [0.2, 0.25) is 0 Å². The first-order chi connectivity index (χ1) is 28.6. The number of esters is 2. The summed E-state index contributed by atoms with van der Waals surface area (Å²) in [6.45, 7) is 7.50. The molecule has 0 radical (unpaired) electrons. The molecule has 0 aliphatic carbocycles. The molecule has 5 nitrogen and oxygen atoms in total. The van der Waals surface area contributed by atoms with E-state index in [-0.39, 0.29) is 25.2 Å². The van der Waals surface area contributed by atoms with E-state index in [1.165, 1.54) is 77.0 Å². The van der Waals surface area contributed by atoms with Crippen molar-refractivity contribution in [3.8, 4) is 0 Å². The minimum absolute atomic E-state index is 0.0601. The molecule has 0 amide bonds. The highest BCUT2D eigenvalue weighted by molar-refractivity contribution is 5.70. The lowest BCUT2D eigenvalue weighted by atomic mass is 10.1. The van der Waals surface area contributed by atoms with Crippen LogP contribution in [0.3, 0.4) is 0 Å². The molecule has 332 valence electrons. The largest absolute Gasteiger partial charge is 0.462 e. The van der Waals surface area contributed by atoms with Crippen molar-refractivity contribution in [2.24, 2.45) is 0 Å². The standard InChI is InChI=1S/C53H90O5/c1-4-7-10-13-16-19-22-24-25-26-27-28-30-33-36-39-42-45-48-56-49-51(58-53(55)47-44-41-38-35-31-21-18-15-12-9-6-3)50-57-52(54)46-43-40-37-34-32-29-23-20-17-14-11-8-5-2/h7-8,10-11,15-20,24-25,29,32,51H,4-6,9,12-14,21-23,26-28,30-31,33-50H2,1-3H3/b10-7-,11-8-,18-15-,19-16-,20-17-,25-24-,32-29-. The van der Waals surface area contributed by atoms with Gasteiger partial charge in [-0.1, -0.05) is 183 Å². The normalized spacial score (nSPS) is 12.9. The van der Waals surface area contributed by atoms with Gasteiger partial charge >= 0.3 is 11.9 Å². The third-order valence-corrected chi connectivity index (χ3v) is 9.90. The van der Waals surface area contributed by atoms with Gasteiger partial charge in [0.15, 0.2) is 6.10 Å². The second-order valence-corrected chi connectivity index (χ2v) is 15.6. The van der Waals surface area contributed by atoms with E-state index in [4.69, 9.17) is 14.2 Å². The van der Waals surface area contributed by atoms with Crippen LogP contribution in [-0.2, 0) is 23.8 Å². The van der Waals surface area contributed by atoms with Crippen LogP contribution < -0.4 is 0 Å². The fraction of sp³-hybridized carbons (Fsp3) is 0.698. The highest BCUT2D eigenvalue weighted by Gasteiger charge is 2.17. The Balaban J connectivity index is 4.30. The zero-order valence-corrected chi connectivity index (χ0v) is 38.0. The lowest BCUT2D eigenvalue weighted by molar-refractivity contribution is -0.163. The number of hydrogen-bond donors (Lipinski definition) is 0. The molecular weight excluding hydrogens is 717 g/mol. The van der Waals surface area contributed by atoms with Gasteiger partial charge in [0.1, 0.15) is 6.61 Å². The highest BCUT2D eigenvalue weighted by Crippen LogP contribution is 2.13. The molecule has 0 spiro atoms. The van der Waals surface area contributed by atoms with Crippen molar-refractivity contribution in [1.29, 1.82) is 0 Å². The maximum atomic E-state index is 12.7. The van der Waals surface area contributed by atoms with Gasteiger partial charge in [-0.15, -0.1) is 0 Å². The summed E-state index contributed by atoms with van der Waals surface area (Å²) < 4.78 is 17.3. The molecule has 5 heteroatoms. The number of allylic oxidation sites excluding steroid dienone is 14. The van der Waals surface area contributed by atoms with E-state index >= 15 is 0 Å². The molecule has 0 aromatic heterocycles. The Labute approximate surface area is 359 Å². The summed E-state index contributed by atoms with van der Waals surface area (Å²) in [6, 6.07) is 0. The van der Waals surface area contributed by atoms with E-state index in [1.54, 1.807) is 0 Å². The first kappa shape index (κ1) is 55.1. The first-order valence-corrected chi connectivity index (χ1v) is 24.1. The van der Waals surface area contributed by atoms with Crippen molar-refractivity contribution in [1.82, 2.24) is 0 Å². The van der Waals surface area contributed by atoms with E-state index in [2.05, 4.69) is 106 Å². The van der Waals surface area contributed by atoms with E-state index in [0.29, 0.717) is 19.4 Å². The van der Waals surface area contributed by atoms with Gasteiger partial charge in [-0.3, -0.25) is 9.59 Å². The summed E-state index contributed by atoms with van der Waals surface area (Å²) in [5.74, 6) is -0.450. The molecule has 0 aliphatic rings. The molecule has 0 aromatic carbocycles. The molecule has 0 aliphatic heterocycles. The molecule has 1 atom stereocenters. The average molecular weight is 807 g/mol. The van der Waals surface area contributed by atoms with Crippen molar-refractivity contribution in [3.63, 3.8) is 0 Å². The van der Waals surface area contributed by atoms with Crippen LogP contribution in [-0.4, -0.2) is 37.9 Å². The monoisotopic (exact) mass is 807 g/mol. The molecule has 0 rings (SSSR count). The molecular formula is C53H90O5. The Bertz CT molecular complexity index is 1090. The number of carbonyl (C=O) groups excluding carboxylic acids is 2. The summed E-state index contributed by atoms with van der Waals surface area (Å²) >= 11 is 0. The molecule has 0 fully saturated rings. The van der Waals surface area contributed by atoms with Gasteiger partial charge in [0.25, 0.3) is 0 Å². The van der Waals surface area contributed by atoms with Crippen molar-refractivity contribution in [3.05, 3.63) is 85.1 Å². The van der Waals surface area contributed by atoms with Gasteiger partial charge in [-0.25, -0.2) is 0 Å². The van der Waals surface area contributed by atoms with Crippen LogP contribution in [0.4, 0.5) is 0 Å². The van der Waals surface area contributed by atoms with E-state index in [0.717, 1.165) is 103 Å². The van der Waals surface area contributed by atoms with Crippen LogP contribution in [0.1, 0.15) is 213 Å². The van der Waals surface area contributed by atoms with Crippen LogP contribution in [0.5, 0.6) is 0 Å². The van der Waals surface area contributed by atoms with Crippen molar-refractivity contribution < 1.29 is 23.8 Å². The maximum Gasteiger partial charge on any atom is 0.306 e. The van der Waals surface area contributed by atoms with E-state index in [1.807, 2.05) is 0 Å². The third kappa shape index (κ3) is 45.8. The highest BCUT2D eigenvalue weighted by atomic mass is 16.6. The summed E-state index contributed by atoms with van der Waals surface area (Å²) in [5.41, 5.74) is 0. The molecule has 0 saturated heterocycles. The smallest absolute Gasteiger partial charge is 0.306 e. The topological polar surface area (TPSA) is 61.8 Å². The number of carbonyl (C=O) groups is 2. The SMILES string of the molecule is CC/C=C\C/C=C\C/C=C\CCCCCCCCCCOCC(COC(=O)CCCCC/C=C\C/C=C\C/C=C\CC)OC(=O)CCCCCCC/C=C\CCCC. The third-order valence-electron chi connectivity index (χ3n) is 9.90. The molecule has 0 heterocycles. The lowest BCUT2D eigenvalue weighted by Crippen LogP contribution is -2.30. The lowest BCUT2D eigenvalue weighted by Gasteiger charge is -2.18. The van der Waals surface area contributed by atoms with Gasteiger partial charge in [0, 0.05) is 19.4 Å². The summed E-state index contributed by atoms with van der Waals surface area (Å²) in [6.07, 6.45) is 63.0. The number of hydrogen-bond acceptors (Lipinski definition) is 5. The maximum absolute atomic E-state index is 12.7. The van der Waals surface area contributed by atoms with E-state index in [9.17, 15) is 9.59 Å². The summed E-state index contributed by atoms with van der Waals surface area (Å²) in [5, 5.41) is 0. The molecule has 0 saturated carbocycles. The zero-order valence-electron chi connectivity index (χ0n) is 38.0. The Kier molecular flexibility index (Phi) is 46.0. The van der Waals surface area contributed by atoms with Crippen LogP contribution in [0.15, 0.2) is 85.1 Å². The Morgan fingerprint density at radius 2 is 0.776 bits per heavy atom. The molecule has 0 aromatic rings. The van der Waals surface area contributed by atoms with Crippen LogP contribution >= 0.6 is 0 Å². The minimum atomic E-state index is -0.558. The number of ether oxygens (including phenoxy) is 3. The average Bonchev–Trinajstić information content (AvgIpc) is 3.22. The summed E-state index contributed by atoms with van der Waals surface area (Å²) in [7, 11) is 0. The fourth-order valence-corrected chi connectivity index (χ4v) is 6.34. The quantitative estimate of drug-likeness (QED) is 0.0349. The second kappa shape index (κ2) is 48.4. The molecule has 0 N–H and O–H groups in total. The molecule has 0 bridgehead atoms. The van der Waals surface area contributed by atoms with Gasteiger partial charge in [-0.05, 0) is 103 Å². The van der Waals surface area contributed by atoms with Crippen LogP contribution in [0.2, 0.25) is 0 Å². The summed E-state index contributed by atoms with van der Waals surface area (Å²) in [4.78, 5) is 25.3. The number of rotatable bonds is 43. The zero-order chi connectivity index (χ0) is 42.1.